The molecule has 1 heterocycles. The molecule has 0 aromatic carbocycles. The minimum atomic E-state index is 0.0541. The lowest BCUT2D eigenvalue weighted by molar-refractivity contribution is -0.0461. The molecule has 0 bridgehead atoms. The standard InChI is InChI=1S/C13H24O2/c1-11(2)5-4-6-12(3)7-8-13-14-9-10-15-13/h6,11,13H,4-5,7-10H2,1-3H3/b12-6-. The smallest absolute Gasteiger partial charge is 0.158 e. The van der Waals surface area contributed by atoms with E-state index in [0.717, 1.165) is 32.0 Å². The predicted molar refractivity (Wildman–Crippen MR) is 62.8 cm³/mol. The van der Waals surface area contributed by atoms with Gasteiger partial charge in [-0.25, -0.2) is 0 Å². The van der Waals surface area contributed by atoms with Gasteiger partial charge in [-0.3, -0.25) is 0 Å². The molecule has 0 amide bonds. The molecule has 0 aromatic heterocycles. The summed E-state index contributed by atoms with van der Waals surface area (Å²) in [6, 6.07) is 0. The summed E-state index contributed by atoms with van der Waals surface area (Å²) < 4.78 is 10.8. The van der Waals surface area contributed by atoms with Crippen LogP contribution in [0.25, 0.3) is 0 Å². The molecule has 1 aliphatic heterocycles. The van der Waals surface area contributed by atoms with E-state index in [1.54, 1.807) is 0 Å². The average molecular weight is 212 g/mol. The second-order valence-corrected chi connectivity index (χ2v) is 4.73. The van der Waals surface area contributed by atoms with Gasteiger partial charge in [-0.1, -0.05) is 25.5 Å². The molecule has 1 aliphatic rings. The lowest BCUT2D eigenvalue weighted by atomic mass is 10.0. The molecule has 0 N–H and O–H groups in total. The second-order valence-electron chi connectivity index (χ2n) is 4.73. The maximum Gasteiger partial charge on any atom is 0.158 e. The maximum absolute atomic E-state index is 5.40. The summed E-state index contributed by atoms with van der Waals surface area (Å²) in [5.74, 6) is 0.801. The fourth-order valence-corrected chi connectivity index (χ4v) is 1.68. The largest absolute Gasteiger partial charge is 0.350 e. The molecule has 15 heavy (non-hydrogen) atoms. The molecule has 88 valence electrons. The Morgan fingerprint density at radius 1 is 1.33 bits per heavy atom. The molecule has 0 aliphatic carbocycles. The molecule has 0 spiro atoms. The lowest BCUT2D eigenvalue weighted by Crippen LogP contribution is -2.06. The third-order valence-corrected chi connectivity index (χ3v) is 2.70. The first-order valence-corrected chi connectivity index (χ1v) is 6.07. The van der Waals surface area contributed by atoms with Gasteiger partial charge in [-0.2, -0.15) is 0 Å². The van der Waals surface area contributed by atoms with Crippen molar-refractivity contribution in [2.45, 2.75) is 52.7 Å². The zero-order chi connectivity index (χ0) is 11.1. The summed E-state index contributed by atoms with van der Waals surface area (Å²) in [5, 5.41) is 0. The zero-order valence-corrected chi connectivity index (χ0v) is 10.3. The van der Waals surface area contributed by atoms with Gasteiger partial charge >= 0.3 is 0 Å². The molecule has 0 radical (unpaired) electrons. The highest BCUT2D eigenvalue weighted by molar-refractivity contribution is 4.97. The van der Waals surface area contributed by atoms with Gasteiger partial charge in [0, 0.05) is 6.42 Å². The van der Waals surface area contributed by atoms with Crippen LogP contribution in [0.15, 0.2) is 11.6 Å². The number of rotatable bonds is 6. The quantitative estimate of drug-likeness (QED) is 0.627. The van der Waals surface area contributed by atoms with Gasteiger partial charge in [0.1, 0.15) is 0 Å². The molecule has 1 saturated heterocycles. The summed E-state index contributed by atoms with van der Waals surface area (Å²) in [5.41, 5.74) is 1.47. The van der Waals surface area contributed by atoms with Gasteiger partial charge in [-0.05, 0) is 32.1 Å². The number of hydrogen-bond donors (Lipinski definition) is 0. The summed E-state index contributed by atoms with van der Waals surface area (Å²) in [6.45, 7) is 8.27. The normalized spacial score (nSPS) is 19.1. The fraction of sp³-hybridized carbons (Fsp3) is 0.846. The van der Waals surface area contributed by atoms with Crippen LogP contribution >= 0.6 is 0 Å². The van der Waals surface area contributed by atoms with Gasteiger partial charge in [0.2, 0.25) is 0 Å². The fourth-order valence-electron chi connectivity index (χ4n) is 1.68. The molecule has 1 rings (SSSR count). The van der Waals surface area contributed by atoms with E-state index in [0.29, 0.717) is 0 Å². The van der Waals surface area contributed by atoms with Gasteiger partial charge < -0.3 is 9.47 Å². The van der Waals surface area contributed by atoms with E-state index < -0.39 is 0 Å². The monoisotopic (exact) mass is 212 g/mol. The minimum absolute atomic E-state index is 0.0541. The lowest BCUT2D eigenvalue weighted by Gasteiger charge is -2.08. The van der Waals surface area contributed by atoms with Crippen LogP contribution in [0.5, 0.6) is 0 Å². The Morgan fingerprint density at radius 3 is 2.60 bits per heavy atom. The van der Waals surface area contributed by atoms with E-state index in [9.17, 15) is 0 Å². The van der Waals surface area contributed by atoms with Crippen LogP contribution in [0.3, 0.4) is 0 Å². The Bertz CT molecular complexity index is 191. The van der Waals surface area contributed by atoms with Crippen LogP contribution in [0.4, 0.5) is 0 Å². The van der Waals surface area contributed by atoms with Crippen molar-refractivity contribution in [2.75, 3.05) is 13.2 Å². The Kier molecular flexibility index (Phi) is 5.96. The molecular weight excluding hydrogens is 188 g/mol. The van der Waals surface area contributed by atoms with Crippen molar-refractivity contribution < 1.29 is 9.47 Å². The third kappa shape index (κ3) is 5.95. The minimum Gasteiger partial charge on any atom is -0.350 e. The van der Waals surface area contributed by atoms with Gasteiger partial charge in [0.25, 0.3) is 0 Å². The molecule has 1 fully saturated rings. The van der Waals surface area contributed by atoms with Crippen molar-refractivity contribution in [3.8, 4) is 0 Å². The van der Waals surface area contributed by atoms with Crippen LogP contribution in [0, 0.1) is 5.92 Å². The summed E-state index contributed by atoms with van der Waals surface area (Å²) in [7, 11) is 0. The van der Waals surface area contributed by atoms with E-state index in [1.807, 2.05) is 0 Å². The molecule has 2 heteroatoms. The van der Waals surface area contributed by atoms with Crippen molar-refractivity contribution in [1.29, 1.82) is 0 Å². The highest BCUT2D eigenvalue weighted by Crippen LogP contribution is 2.15. The van der Waals surface area contributed by atoms with E-state index in [-0.39, 0.29) is 6.29 Å². The first-order chi connectivity index (χ1) is 7.18. The first-order valence-electron chi connectivity index (χ1n) is 6.07. The van der Waals surface area contributed by atoms with Crippen molar-refractivity contribution in [1.82, 2.24) is 0 Å². The number of hydrogen-bond acceptors (Lipinski definition) is 2. The van der Waals surface area contributed by atoms with Gasteiger partial charge in [-0.15, -0.1) is 0 Å². The summed E-state index contributed by atoms with van der Waals surface area (Å²) in [6.07, 6.45) is 7.00. The molecule has 0 aromatic rings. The van der Waals surface area contributed by atoms with Crippen LogP contribution in [-0.4, -0.2) is 19.5 Å². The van der Waals surface area contributed by atoms with E-state index in [1.165, 1.54) is 18.4 Å². The molecule has 0 unspecified atom stereocenters. The number of ether oxygens (including phenoxy) is 2. The van der Waals surface area contributed by atoms with Crippen molar-refractivity contribution >= 4 is 0 Å². The van der Waals surface area contributed by atoms with Crippen LogP contribution in [0.2, 0.25) is 0 Å². The highest BCUT2D eigenvalue weighted by atomic mass is 16.7. The molecule has 0 saturated carbocycles. The zero-order valence-electron chi connectivity index (χ0n) is 10.3. The first kappa shape index (κ1) is 12.7. The van der Waals surface area contributed by atoms with E-state index in [4.69, 9.17) is 9.47 Å². The Morgan fingerprint density at radius 2 is 2.00 bits per heavy atom. The van der Waals surface area contributed by atoms with Crippen LogP contribution < -0.4 is 0 Å². The SMILES string of the molecule is C/C(=C/CCC(C)C)CCC1OCCO1. The highest BCUT2D eigenvalue weighted by Gasteiger charge is 2.14. The Balaban J connectivity index is 2.08. The Hall–Kier alpha value is -0.340. The van der Waals surface area contributed by atoms with Crippen LogP contribution in [-0.2, 0) is 9.47 Å². The average Bonchev–Trinajstić information content (AvgIpc) is 2.66. The predicted octanol–water partition coefficient (Wildman–Crippen LogP) is 3.52. The van der Waals surface area contributed by atoms with E-state index >= 15 is 0 Å². The van der Waals surface area contributed by atoms with Crippen molar-refractivity contribution in [2.24, 2.45) is 5.92 Å². The van der Waals surface area contributed by atoms with Gasteiger partial charge in [0.15, 0.2) is 6.29 Å². The second kappa shape index (κ2) is 7.02. The summed E-state index contributed by atoms with van der Waals surface area (Å²) in [4.78, 5) is 0. The van der Waals surface area contributed by atoms with Crippen molar-refractivity contribution in [3.63, 3.8) is 0 Å². The maximum atomic E-state index is 5.40. The molecule has 0 atom stereocenters. The van der Waals surface area contributed by atoms with Crippen LogP contribution in [0.1, 0.15) is 46.5 Å². The topological polar surface area (TPSA) is 18.5 Å². The third-order valence-electron chi connectivity index (χ3n) is 2.70. The summed E-state index contributed by atoms with van der Waals surface area (Å²) >= 11 is 0. The molecular formula is C13H24O2. The van der Waals surface area contributed by atoms with Gasteiger partial charge in [0.05, 0.1) is 13.2 Å². The van der Waals surface area contributed by atoms with Crippen molar-refractivity contribution in [3.05, 3.63) is 11.6 Å². The number of allylic oxidation sites excluding steroid dienone is 2. The molecule has 2 nitrogen and oxygen atoms in total. The Labute approximate surface area is 93.7 Å². The van der Waals surface area contributed by atoms with E-state index in [2.05, 4.69) is 26.8 Å².